The van der Waals surface area contributed by atoms with Crippen molar-refractivity contribution in [3.05, 3.63) is 102 Å². The molecule has 35 heavy (non-hydrogen) atoms. The van der Waals surface area contributed by atoms with Crippen molar-refractivity contribution in [1.82, 2.24) is 10.3 Å². The van der Waals surface area contributed by atoms with Gasteiger partial charge in [-0.05, 0) is 23.3 Å². The Kier molecular flexibility index (Phi) is 7.94. The molecule has 4 rings (SSSR count). The third-order valence-electron chi connectivity index (χ3n) is 5.98. The number of likely N-dealkylation sites (tertiary alicyclic amines) is 1. The average Bonchev–Trinajstić information content (AvgIpc) is 2.87. The Hall–Kier alpha value is -3.49. The molecule has 0 radical (unpaired) electrons. The minimum absolute atomic E-state index is 0.135. The molecule has 1 aliphatic heterocycles. The van der Waals surface area contributed by atoms with Crippen molar-refractivity contribution >= 4 is 27.3 Å². The first-order valence-electron chi connectivity index (χ1n) is 11.6. The summed E-state index contributed by atoms with van der Waals surface area (Å²) in [5.41, 5.74) is 6.29. The number of hydrogen-bond donors (Lipinski definition) is 1. The highest BCUT2D eigenvalue weighted by atomic mass is 32.2. The molecule has 1 saturated heterocycles. The van der Waals surface area contributed by atoms with Crippen molar-refractivity contribution in [2.24, 2.45) is 5.10 Å². The van der Waals surface area contributed by atoms with Gasteiger partial charge in [0.1, 0.15) is 0 Å². The fourth-order valence-corrected chi connectivity index (χ4v) is 5.03. The molecule has 0 bridgehead atoms. The van der Waals surface area contributed by atoms with Crippen LogP contribution in [0.3, 0.4) is 0 Å². The predicted molar refractivity (Wildman–Crippen MR) is 140 cm³/mol. The van der Waals surface area contributed by atoms with Crippen molar-refractivity contribution in [2.45, 2.75) is 25.9 Å². The highest BCUT2D eigenvalue weighted by molar-refractivity contribution is 7.92. The summed E-state index contributed by atoms with van der Waals surface area (Å²) in [4.78, 5) is 15.4. The van der Waals surface area contributed by atoms with E-state index in [0.717, 1.165) is 50.0 Å². The van der Waals surface area contributed by atoms with Gasteiger partial charge in [0, 0.05) is 38.2 Å². The lowest BCUT2D eigenvalue weighted by molar-refractivity contribution is 0.0955. The number of carbonyl (C=O) groups is 1. The zero-order chi connectivity index (χ0) is 24.7. The van der Waals surface area contributed by atoms with E-state index in [1.807, 2.05) is 48.5 Å². The molecule has 7 nitrogen and oxygen atoms in total. The zero-order valence-electron chi connectivity index (χ0n) is 19.8. The van der Waals surface area contributed by atoms with Gasteiger partial charge in [0.05, 0.1) is 24.1 Å². The van der Waals surface area contributed by atoms with Crippen LogP contribution in [0, 0.1) is 0 Å². The number of benzene rings is 3. The van der Waals surface area contributed by atoms with Crippen LogP contribution in [-0.2, 0) is 23.1 Å². The summed E-state index contributed by atoms with van der Waals surface area (Å²) in [5.74, 6) is -0.429. The van der Waals surface area contributed by atoms with E-state index in [-0.39, 0.29) is 12.1 Å². The quantitative estimate of drug-likeness (QED) is 0.483. The van der Waals surface area contributed by atoms with Crippen LogP contribution in [0.4, 0.5) is 5.69 Å². The molecule has 8 heteroatoms. The molecular formula is C27H30N4O3S. The maximum Gasteiger partial charge on any atom is 0.273 e. The molecule has 1 N–H and O–H groups in total. The van der Waals surface area contributed by atoms with E-state index in [1.165, 1.54) is 9.87 Å². The summed E-state index contributed by atoms with van der Waals surface area (Å²) >= 11 is 0. The summed E-state index contributed by atoms with van der Waals surface area (Å²) in [6, 6.07) is 26.4. The van der Waals surface area contributed by atoms with E-state index in [4.69, 9.17) is 0 Å². The van der Waals surface area contributed by atoms with E-state index >= 15 is 0 Å². The number of rotatable bonds is 8. The van der Waals surface area contributed by atoms with Crippen molar-refractivity contribution < 1.29 is 13.2 Å². The number of amides is 1. The maximum absolute atomic E-state index is 13.0. The highest BCUT2D eigenvalue weighted by Gasteiger charge is 2.23. The molecule has 3 aromatic carbocycles. The number of carbonyl (C=O) groups excluding carboxylic acids is 1. The Labute approximate surface area is 207 Å². The maximum atomic E-state index is 13.0. The Morgan fingerprint density at radius 1 is 0.886 bits per heavy atom. The third-order valence-corrected chi connectivity index (χ3v) is 7.11. The molecule has 1 aliphatic rings. The second kappa shape index (κ2) is 11.3. The van der Waals surface area contributed by atoms with Gasteiger partial charge in [0.2, 0.25) is 10.0 Å². The number of piperidine rings is 1. The lowest BCUT2D eigenvalue weighted by atomic mass is 10.1. The first-order valence-corrected chi connectivity index (χ1v) is 13.5. The van der Waals surface area contributed by atoms with E-state index in [1.54, 1.807) is 24.3 Å². The van der Waals surface area contributed by atoms with E-state index in [9.17, 15) is 13.2 Å². The lowest BCUT2D eigenvalue weighted by Gasteiger charge is -2.27. The molecule has 0 unspecified atom stereocenters. The molecule has 3 aromatic rings. The fraction of sp³-hybridized carbons (Fsp3) is 0.259. The van der Waals surface area contributed by atoms with E-state index < -0.39 is 15.9 Å². The van der Waals surface area contributed by atoms with E-state index in [0.29, 0.717) is 5.69 Å². The molecular weight excluding hydrogens is 460 g/mol. The summed E-state index contributed by atoms with van der Waals surface area (Å²) in [6.45, 7) is 2.78. The molecule has 1 fully saturated rings. The van der Waals surface area contributed by atoms with Crippen molar-refractivity contribution in [2.75, 3.05) is 23.7 Å². The second-order valence-corrected chi connectivity index (χ2v) is 10.6. The fourth-order valence-electron chi connectivity index (χ4n) is 4.13. The van der Waals surface area contributed by atoms with Crippen LogP contribution in [0.15, 0.2) is 90.0 Å². The van der Waals surface area contributed by atoms with Gasteiger partial charge in [0.15, 0.2) is 0 Å². The van der Waals surface area contributed by atoms with Crippen molar-refractivity contribution in [3.8, 4) is 0 Å². The smallest absolute Gasteiger partial charge is 0.273 e. The first-order chi connectivity index (χ1) is 16.9. The molecule has 0 aromatic heterocycles. The number of anilines is 1. The lowest BCUT2D eigenvalue weighted by Crippen LogP contribution is -2.35. The molecule has 0 spiro atoms. The topological polar surface area (TPSA) is 82.1 Å². The monoisotopic (exact) mass is 490 g/mol. The number of nitrogens with one attached hydrogen (secondary N) is 1. The number of hydrazone groups is 1. The Morgan fingerprint density at radius 3 is 2.09 bits per heavy atom. The van der Waals surface area contributed by atoms with Crippen LogP contribution in [0.5, 0.6) is 0 Å². The largest absolute Gasteiger partial charge is 0.298 e. The summed E-state index contributed by atoms with van der Waals surface area (Å²) in [7, 11) is -3.63. The van der Waals surface area contributed by atoms with Crippen LogP contribution in [-0.4, -0.2) is 44.3 Å². The summed E-state index contributed by atoms with van der Waals surface area (Å²) in [6.07, 6.45) is 2.70. The van der Waals surface area contributed by atoms with Gasteiger partial charge >= 0.3 is 0 Å². The van der Waals surface area contributed by atoms with Gasteiger partial charge in [-0.2, -0.15) is 5.10 Å². The Bertz CT molecular complexity index is 1270. The molecule has 182 valence electrons. The number of sulfonamides is 1. The Morgan fingerprint density at radius 2 is 1.46 bits per heavy atom. The molecule has 1 amide bonds. The van der Waals surface area contributed by atoms with Gasteiger partial charge in [-0.25, -0.2) is 13.8 Å². The zero-order valence-corrected chi connectivity index (χ0v) is 20.6. The third kappa shape index (κ3) is 6.77. The minimum Gasteiger partial charge on any atom is -0.298 e. The highest BCUT2D eigenvalue weighted by Crippen LogP contribution is 2.25. The number of hydrogen-bond acceptors (Lipinski definition) is 5. The van der Waals surface area contributed by atoms with Crippen LogP contribution in [0.25, 0.3) is 0 Å². The molecule has 0 saturated carbocycles. The normalized spacial score (nSPS) is 14.4. The van der Waals surface area contributed by atoms with Gasteiger partial charge in [-0.1, -0.05) is 72.8 Å². The van der Waals surface area contributed by atoms with Crippen molar-refractivity contribution in [1.29, 1.82) is 0 Å². The number of nitrogens with zero attached hydrogens (tertiary/aromatic N) is 3. The summed E-state index contributed by atoms with van der Waals surface area (Å²) in [5, 5.41) is 4.37. The average molecular weight is 491 g/mol. The predicted octanol–water partition coefficient (Wildman–Crippen LogP) is 4.03. The number of para-hydroxylation sites is 1. The minimum atomic E-state index is -3.63. The molecule has 1 heterocycles. The van der Waals surface area contributed by atoms with Crippen LogP contribution < -0.4 is 9.73 Å². The van der Waals surface area contributed by atoms with Crippen molar-refractivity contribution in [3.63, 3.8) is 0 Å². The SMILES string of the molecule is CS(=O)(=O)N(Cc1ccccc1)c1ccccc1C(=O)NN=C1CCN(Cc2ccccc2)CC1. The van der Waals surface area contributed by atoms with Crippen LogP contribution in [0.1, 0.15) is 34.3 Å². The van der Waals surface area contributed by atoms with Gasteiger partial charge in [-0.3, -0.25) is 14.0 Å². The van der Waals surface area contributed by atoms with Gasteiger partial charge in [-0.15, -0.1) is 0 Å². The van der Waals surface area contributed by atoms with Crippen LogP contribution >= 0.6 is 0 Å². The Balaban J connectivity index is 1.43. The molecule has 0 aliphatic carbocycles. The molecule has 0 atom stereocenters. The summed E-state index contributed by atoms with van der Waals surface area (Å²) < 4.78 is 26.5. The standard InChI is InChI=1S/C27H30N4O3S/c1-35(33,34)31(21-23-12-6-3-7-13-23)26-15-9-8-14-25(26)27(32)29-28-24-16-18-30(19-17-24)20-22-10-4-2-5-11-22/h2-15H,16-21H2,1H3,(H,29,32). The van der Waals surface area contributed by atoms with Gasteiger partial charge in [0.25, 0.3) is 5.91 Å². The second-order valence-electron chi connectivity index (χ2n) is 8.65. The van der Waals surface area contributed by atoms with Crippen LogP contribution in [0.2, 0.25) is 0 Å². The first kappa shape index (κ1) is 24.6. The van der Waals surface area contributed by atoms with Gasteiger partial charge < -0.3 is 0 Å². The van der Waals surface area contributed by atoms with E-state index in [2.05, 4.69) is 27.6 Å².